The van der Waals surface area contributed by atoms with Gasteiger partial charge in [-0.15, -0.1) is 0 Å². The van der Waals surface area contributed by atoms with Crippen molar-refractivity contribution in [2.75, 3.05) is 6.54 Å². The number of carbonyl (C=O) groups excluding carboxylic acids is 1. The van der Waals surface area contributed by atoms with Crippen LogP contribution in [-0.2, 0) is 4.79 Å². The molecule has 96 valence electrons. The normalized spacial score (nSPS) is 19.6. The first kappa shape index (κ1) is 12.8. The van der Waals surface area contributed by atoms with Crippen LogP contribution in [0.3, 0.4) is 0 Å². The number of carboxylic acids is 1. The quantitative estimate of drug-likeness (QED) is 0.831. The Morgan fingerprint density at radius 1 is 1.44 bits per heavy atom. The van der Waals surface area contributed by atoms with Crippen molar-refractivity contribution in [2.24, 2.45) is 0 Å². The van der Waals surface area contributed by atoms with Gasteiger partial charge in [0.15, 0.2) is 0 Å². The van der Waals surface area contributed by atoms with Gasteiger partial charge in [0, 0.05) is 12.7 Å². The monoisotopic (exact) mass is 268 g/mol. The molecular weight excluding hydrogens is 256 g/mol. The molecule has 0 bridgehead atoms. The van der Waals surface area contributed by atoms with Gasteiger partial charge in [-0.2, -0.15) is 0 Å². The third kappa shape index (κ3) is 2.46. The number of likely N-dealkylation sites (tertiary alicyclic amines) is 1. The average Bonchev–Trinajstić information content (AvgIpc) is 2.38. The molecule has 1 atom stereocenters. The number of amides is 1. The third-order valence-electron chi connectivity index (χ3n) is 3.04. The molecule has 0 saturated carbocycles. The van der Waals surface area contributed by atoms with E-state index >= 15 is 0 Å². The Kier molecular flexibility index (Phi) is 3.81. The number of hydrogen-bond acceptors (Lipinski definition) is 3. The van der Waals surface area contributed by atoms with Crippen LogP contribution in [0.25, 0.3) is 0 Å². The van der Waals surface area contributed by atoms with Crippen LogP contribution in [0.15, 0.2) is 18.3 Å². The minimum absolute atomic E-state index is 0.109. The summed E-state index contributed by atoms with van der Waals surface area (Å²) in [5.41, 5.74) is 0.257. The van der Waals surface area contributed by atoms with Crippen LogP contribution in [0.4, 0.5) is 0 Å². The summed E-state index contributed by atoms with van der Waals surface area (Å²) in [7, 11) is 0. The maximum atomic E-state index is 12.3. The molecule has 1 saturated heterocycles. The smallest absolute Gasteiger partial charge is 0.326 e. The fourth-order valence-electron chi connectivity index (χ4n) is 2.13. The van der Waals surface area contributed by atoms with Gasteiger partial charge in [0.1, 0.15) is 11.2 Å². The van der Waals surface area contributed by atoms with Gasteiger partial charge < -0.3 is 10.0 Å². The first-order valence-corrected chi connectivity index (χ1v) is 6.13. The lowest BCUT2D eigenvalue weighted by Gasteiger charge is -2.33. The number of rotatable bonds is 2. The molecule has 1 unspecified atom stereocenters. The zero-order valence-corrected chi connectivity index (χ0v) is 10.4. The van der Waals surface area contributed by atoms with E-state index in [2.05, 4.69) is 4.98 Å². The van der Waals surface area contributed by atoms with E-state index in [1.807, 2.05) is 0 Å². The van der Waals surface area contributed by atoms with Crippen LogP contribution in [0.5, 0.6) is 0 Å². The zero-order valence-electron chi connectivity index (χ0n) is 9.67. The molecule has 18 heavy (non-hydrogen) atoms. The molecule has 0 aliphatic carbocycles. The number of carbonyl (C=O) groups is 2. The van der Waals surface area contributed by atoms with Crippen molar-refractivity contribution in [1.29, 1.82) is 0 Å². The molecule has 6 heteroatoms. The van der Waals surface area contributed by atoms with Crippen molar-refractivity contribution in [3.8, 4) is 0 Å². The Balaban J connectivity index is 2.27. The van der Waals surface area contributed by atoms with E-state index in [0.717, 1.165) is 12.8 Å². The molecule has 1 aromatic heterocycles. The van der Waals surface area contributed by atoms with Gasteiger partial charge in [-0.3, -0.25) is 4.79 Å². The third-order valence-corrected chi connectivity index (χ3v) is 3.34. The van der Waals surface area contributed by atoms with E-state index in [0.29, 0.717) is 13.0 Å². The molecule has 2 rings (SSSR count). The Bertz CT molecular complexity index is 478. The van der Waals surface area contributed by atoms with Gasteiger partial charge in [-0.25, -0.2) is 9.78 Å². The molecule has 1 fully saturated rings. The van der Waals surface area contributed by atoms with Crippen LogP contribution in [-0.4, -0.2) is 39.5 Å². The molecule has 0 spiro atoms. The van der Waals surface area contributed by atoms with Gasteiger partial charge in [0.05, 0.1) is 5.56 Å². The van der Waals surface area contributed by atoms with Crippen molar-refractivity contribution in [1.82, 2.24) is 9.88 Å². The average molecular weight is 269 g/mol. The van der Waals surface area contributed by atoms with E-state index in [4.69, 9.17) is 16.7 Å². The predicted octanol–water partition coefficient (Wildman–Crippen LogP) is 1.81. The second kappa shape index (κ2) is 5.35. The van der Waals surface area contributed by atoms with Crippen LogP contribution < -0.4 is 0 Å². The number of halogens is 1. The number of pyridine rings is 1. The van der Waals surface area contributed by atoms with Gasteiger partial charge >= 0.3 is 5.97 Å². The number of carboxylic acid groups (broad SMARTS) is 1. The number of piperidine rings is 1. The van der Waals surface area contributed by atoms with E-state index in [1.165, 1.54) is 11.1 Å². The SMILES string of the molecule is O=C(O)C1CCCCN1C(=O)c1cccnc1Cl. The van der Waals surface area contributed by atoms with E-state index in [1.54, 1.807) is 12.1 Å². The van der Waals surface area contributed by atoms with Crippen LogP contribution >= 0.6 is 11.6 Å². The Morgan fingerprint density at radius 3 is 2.89 bits per heavy atom. The Labute approximate surface area is 109 Å². The van der Waals surface area contributed by atoms with Crippen molar-refractivity contribution in [3.05, 3.63) is 29.0 Å². The summed E-state index contributed by atoms with van der Waals surface area (Å²) in [5.74, 6) is -1.33. The van der Waals surface area contributed by atoms with Crippen LogP contribution in [0.1, 0.15) is 29.6 Å². The fourth-order valence-corrected chi connectivity index (χ4v) is 2.33. The minimum Gasteiger partial charge on any atom is -0.480 e. The topological polar surface area (TPSA) is 70.5 Å². The second-order valence-electron chi connectivity index (χ2n) is 4.19. The molecule has 1 aromatic rings. The first-order chi connectivity index (χ1) is 8.61. The van der Waals surface area contributed by atoms with Crippen LogP contribution in [0, 0.1) is 0 Å². The molecule has 0 radical (unpaired) electrons. The van der Waals surface area contributed by atoms with Gasteiger partial charge in [0.25, 0.3) is 5.91 Å². The van der Waals surface area contributed by atoms with E-state index in [-0.39, 0.29) is 16.6 Å². The minimum atomic E-state index is -0.969. The highest BCUT2D eigenvalue weighted by atomic mass is 35.5. The number of aromatic nitrogens is 1. The first-order valence-electron chi connectivity index (χ1n) is 5.75. The number of nitrogens with zero attached hydrogens (tertiary/aromatic N) is 2. The molecule has 1 aliphatic rings. The molecule has 5 nitrogen and oxygen atoms in total. The number of aliphatic carboxylic acids is 1. The highest BCUT2D eigenvalue weighted by Crippen LogP contribution is 2.22. The lowest BCUT2D eigenvalue weighted by Crippen LogP contribution is -2.48. The van der Waals surface area contributed by atoms with E-state index in [9.17, 15) is 9.59 Å². The lowest BCUT2D eigenvalue weighted by molar-refractivity contribution is -0.143. The van der Waals surface area contributed by atoms with Gasteiger partial charge in [-0.1, -0.05) is 11.6 Å². The van der Waals surface area contributed by atoms with Crippen LogP contribution in [0.2, 0.25) is 5.15 Å². The van der Waals surface area contributed by atoms with Crippen molar-refractivity contribution >= 4 is 23.5 Å². The Hall–Kier alpha value is -1.62. The summed E-state index contributed by atoms with van der Waals surface area (Å²) >= 11 is 5.86. The highest BCUT2D eigenvalue weighted by molar-refractivity contribution is 6.32. The summed E-state index contributed by atoms with van der Waals surface area (Å²) in [4.78, 5) is 28.6. The molecule has 1 aliphatic heterocycles. The van der Waals surface area contributed by atoms with Gasteiger partial charge in [0.2, 0.25) is 0 Å². The summed E-state index contributed by atoms with van der Waals surface area (Å²) in [6, 6.07) is 2.41. The second-order valence-corrected chi connectivity index (χ2v) is 4.55. The zero-order chi connectivity index (χ0) is 13.1. The largest absolute Gasteiger partial charge is 0.480 e. The predicted molar refractivity (Wildman–Crippen MR) is 65.6 cm³/mol. The van der Waals surface area contributed by atoms with E-state index < -0.39 is 12.0 Å². The van der Waals surface area contributed by atoms with Crippen molar-refractivity contribution in [3.63, 3.8) is 0 Å². The highest BCUT2D eigenvalue weighted by Gasteiger charge is 2.33. The molecule has 1 amide bonds. The molecule has 0 aromatic carbocycles. The molecule has 2 heterocycles. The Morgan fingerprint density at radius 2 is 2.22 bits per heavy atom. The summed E-state index contributed by atoms with van der Waals surface area (Å²) < 4.78 is 0. The maximum absolute atomic E-state index is 12.3. The van der Waals surface area contributed by atoms with Crippen molar-refractivity contribution in [2.45, 2.75) is 25.3 Å². The summed E-state index contributed by atoms with van der Waals surface area (Å²) in [6.45, 7) is 0.445. The summed E-state index contributed by atoms with van der Waals surface area (Å²) in [6.07, 6.45) is 3.61. The van der Waals surface area contributed by atoms with Crippen molar-refractivity contribution < 1.29 is 14.7 Å². The molecule has 1 N–H and O–H groups in total. The number of hydrogen-bond donors (Lipinski definition) is 1. The standard InChI is InChI=1S/C12H13ClN2O3/c13-10-8(4-3-6-14-10)11(16)15-7-2-1-5-9(15)12(17)18/h3-4,6,9H,1-2,5,7H2,(H,17,18). The molecular formula is C12H13ClN2O3. The fraction of sp³-hybridized carbons (Fsp3) is 0.417. The lowest BCUT2D eigenvalue weighted by atomic mass is 10.0. The maximum Gasteiger partial charge on any atom is 0.326 e. The summed E-state index contributed by atoms with van der Waals surface area (Å²) in [5, 5.41) is 9.24. The van der Waals surface area contributed by atoms with Gasteiger partial charge in [-0.05, 0) is 31.4 Å².